The summed E-state index contributed by atoms with van der Waals surface area (Å²) in [6.07, 6.45) is 8.19. The van der Waals surface area contributed by atoms with Crippen molar-refractivity contribution in [2.45, 2.75) is 104 Å². The van der Waals surface area contributed by atoms with E-state index >= 15 is 0 Å². The van der Waals surface area contributed by atoms with Crippen LogP contribution in [0, 0.1) is 34.0 Å². The third-order valence-corrected chi connectivity index (χ3v) is 9.78. The van der Waals surface area contributed by atoms with E-state index in [1.54, 1.807) is 0 Å². The summed E-state index contributed by atoms with van der Waals surface area (Å²) in [6, 6.07) is 0. The van der Waals surface area contributed by atoms with Gasteiger partial charge in [0.2, 0.25) is 0 Å². The van der Waals surface area contributed by atoms with Crippen molar-refractivity contribution < 1.29 is 24.9 Å². The molecule has 0 heterocycles. The van der Waals surface area contributed by atoms with Gasteiger partial charge in [0, 0.05) is 23.4 Å². The molecule has 3 fully saturated rings. The Morgan fingerprint density at radius 1 is 1.23 bits per heavy atom. The lowest BCUT2D eigenvalue weighted by molar-refractivity contribution is -0.168. The Bertz CT molecular complexity index is 753. The van der Waals surface area contributed by atoms with Gasteiger partial charge in [-0.1, -0.05) is 13.0 Å². The van der Waals surface area contributed by atoms with Crippen molar-refractivity contribution >= 4 is 5.97 Å². The Balaban J connectivity index is 1.63. The molecule has 4 rings (SSSR count). The number of aliphatic hydroxyl groups is 3. The van der Waals surface area contributed by atoms with E-state index in [2.05, 4.69) is 13.0 Å². The highest BCUT2D eigenvalue weighted by Crippen LogP contribution is 2.68. The minimum atomic E-state index is -0.911. The van der Waals surface area contributed by atoms with Crippen LogP contribution in [0.2, 0.25) is 0 Å². The molecular weight excluding hydrogens is 392 g/mol. The maximum atomic E-state index is 12.5. The van der Waals surface area contributed by atoms with Crippen LogP contribution >= 0.6 is 0 Å². The summed E-state index contributed by atoms with van der Waals surface area (Å²) in [4.78, 5) is 12.5. The molecule has 8 atom stereocenters. The Kier molecular flexibility index (Phi) is 5.67. The van der Waals surface area contributed by atoms with Crippen LogP contribution in [-0.2, 0) is 9.53 Å². The SMILES string of the molecule is CC(OC(=O)C(C)(C)C)[C@H]1CC[C@@]2(O)C3=CCC4CC(O)CC[C@]4(CO)[C@H]3CC[C@]12C. The molecule has 3 N–H and O–H groups in total. The molecule has 3 unspecified atom stereocenters. The number of fused-ring (bicyclic) bond motifs is 5. The second kappa shape index (κ2) is 7.56. The second-order valence-electron chi connectivity index (χ2n) is 12.3. The number of ether oxygens (including phenoxy) is 1. The third-order valence-electron chi connectivity index (χ3n) is 9.78. The maximum absolute atomic E-state index is 12.5. The number of esters is 1. The smallest absolute Gasteiger partial charge is 0.311 e. The van der Waals surface area contributed by atoms with Gasteiger partial charge in [0.1, 0.15) is 6.10 Å². The number of carbonyl (C=O) groups excluding carboxylic acids is 1. The van der Waals surface area contributed by atoms with Gasteiger partial charge in [-0.05, 0) is 96.5 Å². The normalized spacial score (nSPS) is 45.7. The molecule has 0 aromatic rings. The van der Waals surface area contributed by atoms with Crippen molar-refractivity contribution in [3.8, 4) is 0 Å². The van der Waals surface area contributed by atoms with E-state index in [4.69, 9.17) is 4.74 Å². The zero-order valence-electron chi connectivity index (χ0n) is 20.0. The van der Waals surface area contributed by atoms with Crippen LogP contribution in [0.1, 0.15) is 86.0 Å². The zero-order chi connectivity index (χ0) is 22.8. The van der Waals surface area contributed by atoms with Gasteiger partial charge in [-0.2, -0.15) is 0 Å². The average molecular weight is 435 g/mol. The van der Waals surface area contributed by atoms with Gasteiger partial charge >= 0.3 is 5.97 Å². The number of hydrogen-bond acceptors (Lipinski definition) is 5. The van der Waals surface area contributed by atoms with Crippen molar-refractivity contribution in [1.29, 1.82) is 0 Å². The molecule has 0 amide bonds. The summed E-state index contributed by atoms with van der Waals surface area (Å²) < 4.78 is 5.90. The molecule has 176 valence electrons. The molecule has 0 aromatic carbocycles. The molecule has 31 heavy (non-hydrogen) atoms. The molecule has 0 aliphatic heterocycles. The fourth-order valence-corrected chi connectivity index (χ4v) is 7.82. The molecule has 3 saturated carbocycles. The highest BCUT2D eigenvalue weighted by molar-refractivity contribution is 5.75. The van der Waals surface area contributed by atoms with Gasteiger partial charge < -0.3 is 20.1 Å². The lowest BCUT2D eigenvalue weighted by Gasteiger charge is -2.60. The van der Waals surface area contributed by atoms with Crippen LogP contribution in [0.4, 0.5) is 0 Å². The van der Waals surface area contributed by atoms with E-state index < -0.39 is 11.0 Å². The summed E-state index contributed by atoms with van der Waals surface area (Å²) in [5, 5.41) is 33.0. The molecule has 0 bridgehead atoms. The minimum absolute atomic E-state index is 0.113. The summed E-state index contributed by atoms with van der Waals surface area (Å²) in [5.41, 5.74) is -0.888. The monoisotopic (exact) mass is 434 g/mol. The summed E-state index contributed by atoms with van der Waals surface area (Å²) in [5.74, 6) is 0.383. The molecule has 5 heteroatoms. The van der Waals surface area contributed by atoms with Crippen molar-refractivity contribution in [2.24, 2.45) is 34.0 Å². The molecule has 0 spiro atoms. The Hall–Kier alpha value is -0.910. The van der Waals surface area contributed by atoms with Gasteiger partial charge in [0.15, 0.2) is 0 Å². The summed E-state index contributed by atoms with van der Waals surface area (Å²) >= 11 is 0. The number of aliphatic hydroxyl groups excluding tert-OH is 2. The van der Waals surface area contributed by atoms with Gasteiger partial charge in [-0.25, -0.2) is 0 Å². The van der Waals surface area contributed by atoms with Gasteiger partial charge in [0.05, 0.1) is 17.1 Å². The van der Waals surface area contributed by atoms with Gasteiger partial charge in [0.25, 0.3) is 0 Å². The zero-order valence-corrected chi connectivity index (χ0v) is 20.0. The topological polar surface area (TPSA) is 87.0 Å². The van der Waals surface area contributed by atoms with Crippen molar-refractivity contribution in [3.05, 3.63) is 11.6 Å². The predicted octanol–water partition coefficient (Wildman–Crippen LogP) is 3.99. The van der Waals surface area contributed by atoms with Crippen LogP contribution in [0.3, 0.4) is 0 Å². The first-order chi connectivity index (χ1) is 14.4. The molecule has 4 aliphatic carbocycles. The Morgan fingerprint density at radius 3 is 2.58 bits per heavy atom. The van der Waals surface area contributed by atoms with E-state index in [1.165, 1.54) is 0 Å². The van der Waals surface area contributed by atoms with Crippen molar-refractivity contribution in [3.63, 3.8) is 0 Å². The summed E-state index contributed by atoms with van der Waals surface area (Å²) in [6.45, 7) is 9.92. The Morgan fingerprint density at radius 2 is 1.94 bits per heavy atom. The minimum Gasteiger partial charge on any atom is -0.462 e. The van der Waals surface area contributed by atoms with Crippen LogP contribution in [0.5, 0.6) is 0 Å². The lowest BCUT2D eigenvalue weighted by Crippen LogP contribution is -2.59. The van der Waals surface area contributed by atoms with E-state index in [1.807, 2.05) is 27.7 Å². The largest absolute Gasteiger partial charge is 0.462 e. The summed E-state index contributed by atoms with van der Waals surface area (Å²) in [7, 11) is 0. The second-order valence-corrected chi connectivity index (χ2v) is 12.3. The first-order valence-corrected chi connectivity index (χ1v) is 12.3. The van der Waals surface area contributed by atoms with Gasteiger partial charge in [-0.3, -0.25) is 4.79 Å². The lowest BCUT2D eigenvalue weighted by atomic mass is 9.46. The first kappa shape index (κ1) is 23.3. The maximum Gasteiger partial charge on any atom is 0.311 e. The number of hydrogen-bond donors (Lipinski definition) is 3. The van der Waals surface area contributed by atoms with E-state index in [0.717, 1.165) is 50.5 Å². The van der Waals surface area contributed by atoms with Crippen LogP contribution < -0.4 is 0 Å². The first-order valence-electron chi connectivity index (χ1n) is 12.3. The molecule has 0 aromatic heterocycles. The predicted molar refractivity (Wildman–Crippen MR) is 119 cm³/mol. The van der Waals surface area contributed by atoms with Gasteiger partial charge in [-0.15, -0.1) is 0 Å². The van der Waals surface area contributed by atoms with Crippen LogP contribution in [-0.4, -0.2) is 45.7 Å². The highest BCUT2D eigenvalue weighted by atomic mass is 16.5. The van der Waals surface area contributed by atoms with Crippen LogP contribution in [0.25, 0.3) is 0 Å². The standard InChI is InChI=1S/C26H42O5/c1-16(31-22(29)23(2,3)4)19-10-13-26(30)21-7-6-17-14-18(28)8-12-25(17,15-27)20(21)9-11-24(19,26)5/h7,16-20,27-28,30H,6,8-15H2,1-5H3/t16?,17?,18?,19-,20+,24-,25-,26-/m1/s1. The van der Waals surface area contributed by atoms with Crippen molar-refractivity contribution in [1.82, 2.24) is 0 Å². The third kappa shape index (κ3) is 3.33. The molecule has 4 aliphatic rings. The van der Waals surface area contributed by atoms with E-state index in [-0.39, 0.29) is 53.4 Å². The molecular formula is C26H42O5. The fraction of sp³-hybridized carbons (Fsp3) is 0.885. The average Bonchev–Trinajstić information content (AvgIpc) is 2.98. The quantitative estimate of drug-likeness (QED) is 0.462. The fourth-order valence-electron chi connectivity index (χ4n) is 7.82. The van der Waals surface area contributed by atoms with Crippen molar-refractivity contribution in [2.75, 3.05) is 6.61 Å². The number of rotatable bonds is 3. The van der Waals surface area contributed by atoms with E-state index in [0.29, 0.717) is 6.42 Å². The number of allylic oxidation sites excluding steroid dienone is 1. The molecule has 0 saturated heterocycles. The number of carbonyl (C=O) groups is 1. The molecule has 0 radical (unpaired) electrons. The Labute approximate surface area is 187 Å². The van der Waals surface area contributed by atoms with E-state index in [9.17, 15) is 20.1 Å². The molecule has 5 nitrogen and oxygen atoms in total. The van der Waals surface area contributed by atoms with Crippen LogP contribution in [0.15, 0.2) is 11.6 Å². The highest BCUT2D eigenvalue weighted by Gasteiger charge is 2.66.